The van der Waals surface area contributed by atoms with Crippen LogP contribution in [0.4, 0.5) is 5.69 Å². The Kier molecular flexibility index (Phi) is 4.86. The molecule has 7 heteroatoms. The van der Waals surface area contributed by atoms with Crippen LogP contribution >= 0.6 is 11.6 Å². The van der Waals surface area contributed by atoms with Gasteiger partial charge >= 0.3 is 0 Å². The number of carbonyl (C=O) groups excluding carboxylic acids is 1. The number of anilines is 1. The van der Waals surface area contributed by atoms with Crippen molar-refractivity contribution >= 4 is 34.1 Å². The summed E-state index contributed by atoms with van der Waals surface area (Å²) in [5, 5.41) is 11.7. The van der Waals surface area contributed by atoms with Gasteiger partial charge in [0.1, 0.15) is 5.52 Å². The van der Waals surface area contributed by atoms with E-state index in [0.717, 1.165) is 0 Å². The van der Waals surface area contributed by atoms with Crippen LogP contribution in [-0.2, 0) is 11.3 Å². The number of nitrogens with one attached hydrogen (secondary N) is 1. The zero-order valence-electron chi connectivity index (χ0n) is 12.8. The molecule has 122 valence electrons. The van der Waals surface area contributed by atoms with Gasteiger partial charge in [0.05, 0.1) is 16.1 Å². The number of nitrogens with zero attached hydrogens (tertiary/aromatic N) is 3. The lowest BCUT2D eigenvalue weighted by atomic mass is 10.2. The molecule has 0 bridgehead atoms. The second-order valence-electron chi connectivity index (χ2n) is 5.27. The number of aryl methyl sites for hydroxylation is 1. The van der Waals surface area contributed by atoms with E-state index in [2.05, 4.69) is 15.6 Å². The third kappa shape index (κ3) is 3.60. The van der Waals surface area contributed by atoms with Crippen LogP contribution in [0.2, 0.25) is 5.02 Å². The lowest BCUT2D eigenvalue weighted by molar-refractivity contribution is -0.116. The quantitative estimate of drug-likeness (QED) is 0.773. The van der Waals surface area contributed by atoms with E-state index < -0.39 is 0 Å². The molecule has 0 fully saturated rings. The van der Waals surface area contributed by atoms with E-state index >= 15 is 0 Å². The minimum Gasteiger partial charge on any atom is -0.325 e. The highest BCUT2D eigenvalue weighted by Crippen LogP contribution is 2.20. The van der Waals surface area contributed by atoms with Crippen molar-refractivity contribution in [1.29, 1.82) is 0 Å². The summed E-state index contributed by atoms with van der Waals surface area (Å²) in [6.45, 7) is 0.326. The lowest BCUT2D eigenvalue weighted by Crippen LogP contribution is -2.25. The number of amides is 1. The number of para-hydroxylation sites is 1. The van der Waals surface area contributed by atoms with Crippen LogP contribution in [0.5, 0.6) is 0 Å². The molecule has 0 radical (unpaired) electrons. The molecular formula is C17H15ClN4O2. The highest BCUT2D eigenvalue weighted by Gasteiger charge is 2.08. The maximum Gasteiger partial charge on any atom is 0.277 e. The smallest absolute Gasteiger partial charge is 0.277 e. The molecule has 0 saturated heterocycles. The Morgan fingerprint density at radius 2 is 1.88 bits per heavy atom. The predicted molar refractivity (Wildman–Crippen MR) is 93.1 cm³/mol. The monoisotopic (exact) mass is 342 g/mol. The molecule has 0 aliphatic rings. The Morgan fingerprint density at radius 1 is 1.12 bits per heavy atom. The molecule has 0 aliphatic carbocycles. The van der Waals surface area contributed by atoms with Crippen molar-refractivity contribution in [3.8, 4) is 0 Å². The molecule has 24 heavy (non-hydrogen) atoms. The molecule has 1 amide bonds. The number of fused-ring (bicyclic) bond motifs is 1. The molecule has 0 aliphatic heterocycles. The molecule has 1 heterocycles. The number of benzene rings is 2. The highest BCUT2D eigenvalue weighted by atomic mass is 35.5. The molecular weight excluding hydrogens is 328 g/mol. The molecule has 0 saturated carbocycles. The maximum atomic E-state index is 12.3. The van der Waals surface area contributed by atoms with E-state index in [-0.39, 0.29) is 17.9 Å². The van der Waals surface area contributed by atoms with Crippen LogP contribution in [0.25, 0.3) is 10.9 Å². The van der Waals surface area contributed by atoms with E-state index in [0.29, 0.717) is 34.6 Å². The van der Waals surface area contributed by atoms with Crippen molar-refractivity contribution in [3.05, 3.63) is 63.9 Å². The molecule has 1 aromatic heterocycles. The molecule has 0 spiro atoms. The van der Waals surface area contributed by atoms with Crippen LogP contribution in [0.1, 0.15) is 12.8 Å². The van der Waals surface area contributed by atoms with Crippen molar-refractivity contribution in [2.45, 2.75) is 19.4 Å². The van der Waals surface area contributed by atoms with E-state index in [1.165, 1.54) is 4.68 Å². The predicted octanol–water partition coefficient (Wildman–Crippen LogP) is 2.86. The molecule has 2 aromatic carbocycles. The summed E-state index contributed by atoms with van der Waals surface area (Å²) < 4.78 is 1.28. The van der Waals surface area contributed by atoms with E-state index in [9.17, 15) is 9.59 Å². The van der Waals surface area contributed by atoms with E-state index in [4.69, 9.17) is 11.6 Å². The second kappa shape index (κ2) is 7.23. The fourth-order valence-electron chi connectivity index (χ4n) is 2.33. The number of hydrogen-bond donors (Lipinski definition) is 1. The molecule has 6 nitrogen and oxygen atoms in total. The Bertz CT molecular complexity index is 939. The summed E-state index contributed by atoms with van der Waals surface area (Å²) in [7, 11) is 0. The number of hydrogen-bond acceptors (Lipinski definition) is 4. The van der Waals surface area contributed by atoms with Gasteiger partial charge in [-0.15, -0.1) is 5.10 Å². The van der Waals surface area contributed by atoms with Crippen molar-refractivity contribution < 1.29 is 4.79 Å². The zero-order chi connectivity index (χ0) is 16.9. The van der Waals surface area contributed by atoms with E-state index in [1.54, 1.807) is 48.5 Å². The molecule has 3 rings (SSSR count). The number of carbonyl (C=O) groups is 1. The summed E-state index contributed by atoms with van der Waals surface area (Å²) in [4.78, 5) is 24.2. The first kappa shape index (κ1) is 16.1. The summed E-state index contributed by atoms with van der Waals surface area (Å²) in [6.07, 6.45) is 0.732. The van der Waals surface area contributed by atoms with E-state index in [1.807, 2.05) is 0 Å². The van der Waals surface area contributed by atoms with Crippen molar-refractivity contribution in [2.24, 2.45) is 0 Å². The first-order chi connectivity index (χ1) is 11.6. The van der Waals surface area contributed by atoms with Gasteiger partial charge in [0, 0.05) is 13.0 Å². The first-order valence-electron chi connectivity index (χ1n) is 7.52. The van der Waals surface area contributed by atoms with Crippen molar-refractivity contribution in [3.63, 3.8) is 0 Å². The Morgan fingerprint density at radius 3 is 2.71 bits per heavy atom. The van der Waals surface area contributed by atoms with Crippen LogP contribution in [0.15, 0.2) is 53.3 Å². The fourth-order valence-corrected chi connectivity index (χ4v) is 2.52. The molecule has 1 N–H and O–H groups in total. The molecule has 0 unspecified atom stereocenters. The van der Waals surface area contributed by atoms with Crippen molar-refractivity contribution in [1.82, 2.24) is 15.0 Å². The summed E-state index contributed by atoms with van der Waals surface area (Å²) in [5.41, 5.74) is 0.939. The van der Waals surface area contributed by atoms with Gasteiger partial charge in [-0.1, -0.05) is 41.1 Å². The minimum absolute atomic E-state index is 0.162. The first-order valence-corrected chi connectivity index (χ1v) is 7.90. The average Bonchev–Trinajstić information content (AvgIpc) is 2.59. The molecule has 0 atom stereocenters. The summed E-state index contributed by atoms with van der Waals surface area (Å²) >= 11 is 6.00. The van der Waals surface area contributed by atoms with Gasteiger partial charge in [0.2, 0.25) is 5.91 Å². The average molecular weight is 343 g/mol. The molecule has 3 aromatic rings. The zero-order valence-corrected chi connectivity index (χ0v) is 13.5. The highest BCUT2D eigenvalue weighted by molar-refractivity contribution is 6.33. The van der Waals surface area contributed by atoms with Crippen LogP contribution in [0.3, 0.4) is 0 Å². The Balaban J connectivity index is 1.60. The summed E-state index contributed by atoms with van der Waals surface area (Å²) in [5.74, 6) is -0.162. The largest absolute Gasteiger partial charge is 0.325 e. The van der Waals surface area contributed by atoms with Gasteiger partial charge in [-0.05, 0) is 30.7 Å². The Hall–Kier alpha value is -2.73. The summed E-state index contributed by atoms with van der Waals surface area (Å²) in [6, 6.07) is 14.1. The van der Waals surface area contributed by atoms with Crippen LogP contribution < -0.4 is 10.9 Å². The van der Waals surface area contributed by atoms with Crippen LogP contribution in [-0.4, -0.2) is 20.9 Å². The lowest BCUT2D eigenvalue weighted by Gasteiger charge is -2.07. The second-order valence-corrected chi connectivity index (χ2v) is 5.67. The van der Waals surface area contributed by atoms with Gasteiger partial charge in [-0.2, -0.15) is 0 Å². The van der Waals surface area contributed by atoms with Gasteiger partial charge < -0.3 is 5.32 Å². The van der Waals surface area contributed by atoms with Gasteiger partial charge in [-0.3, -0.25) is 9.59 Å². The third-order valence-electron chi connectivity index (χ3n) is 3.55. The SMILES string of the molecule is O=C(CCCn1nnc2ccccc2c1=O)Nc1ccccc1Cl. The number of aromatic nitrogens is 3. The van der Waals surface area contributed by atoms with Crippen molar-refractivity contribution in [2.75, 3.05) is 5.32 Å². The standard InChI is InChI=1S/C17H15ClN4O2/c18-13-7-2-4-9-15(13)19-16(23)10-5-11-22-17(24)12-6-1-3-8-14(12)20-21-22/h1-4,6-9H,5,10-11H2,(H,19,23). The number of halogens is 1. The maximum absolute atomic E-state index is 12.3. The van der Waals surface area contributed by atoms with Gasteiger partial charge in [0.25, 0.3) is 5.56 Å². The fraction of sp³-hybridized carbons (Fsp3) is 0.176. The third-order valence-corrected chi connectivity index (χ3v) is 3.88. The van der Waals surface area contributed by atoms with Gasteiger partial charge in [0.15, 0.2) is 0 Å². The van der Waals surface area contributed by atoms with Gasteiger partial charge in [-0.25, -0.2) is 4.68 Å². The van der Waals surface area contributed by atoms with Crippen LogP contribution in [0, 0.1) is 0 Å². The number of rotatable bonds is 5. The minimum atomic E-state index is -0.202. The topological polar surface area (TPSA) is 76.9 Å². The normalized spacial score (nSPS) is 10.7. The Labute approximate surface area is 143 Å².